The van der Waals surface area contributed by atoms with E-state index in [0.717, 1.165) is 0 Å². The molecule has 7 nitrogen and oxygen atoms in total. The molecule has 3 N–H and O–H groups in total. The van der Waals surface area contributed by atoms with Gasteiger partial charge in [-0.25, -0.2) is 9.78 Å². The molecule has 0 aliphatic carbocycles. The molecule has 0 aliphatic heterocycles. The van der Waals surface area contributed by atoms with Gasteiger partial charge in [-0.1, -0.05) is 0 Å². The highest BCUT2D eigenvalue weighted by molar-refractivity contribution is 5.92. The van der Waals surface area contributed by atoms with Crippen molar-refractivity contribution in [1.29, 1.82) is 0 Å². The Bertz CT molecular complexity index is 465. The third-order valence-corrected chi connectivity index (χ3v) is 2.20. The first-order valence-corrected chi connectivity index (χ1v) is 5.63. The van der Waals surface area contributed by atoms with Crippen LogP contribution in [0.5, 0.6) is 0 Å². The lowest BCUT2D eigenvalue weighted by molar-refractivity contribution is 0.0365. The Balaban J connectivity index is 2.75. The molecule has 1 heterocycles. The van der Waals surface area contributed by atoms with Gasteiger partial charge >= 0.3 is 6.09 Å². The molecule has 1 aromatic heterocycles. The molecule has 0 saturated heterocycles. The zero-order valence-corrected chi connectivity index (χ0v) is 11.0. The molecule has 1 rings (SSSR count). The number of nitrogens with one attached hydrogen (secondary N) is 1. The summed E-state index contributed by atoms with van der Waals surface area (Å²) in [6.07, 6.45) is 0.0688. The average Bonchev–Trinajstić information content (AvgIpc) is 2.26. The van der Waals surface area contributed by atoms with Gasteiger partial charge in [0.25, 0.3) is 5.91 Å². The van der Waals surface area contributed by atoms with Crippen LogP contribution < -0.4 is 5.32 Å². The highest BCUT2D eigenvalue weighted by atomic mass is 16.4. The van der Waals surface area contributed by atoms with Crippen molar-refractivity contribution in [2.24, 2.45) is 0 Å². The summed E-state index contributed by atoms with van der Waals surface area (Å²) in [4.78, 5) is 27.6. The first-order valence-electron chi connectivity index (χ1n) is 5.63. The van der Waals surface area contributed by atoms with E-state index in [1.165, 1.54) is 23.2 Å². The summed E-state index contributed by atoms with van der Waals surface area (Å²) in [5.41, 5.74) is -0.522. The number of hydrogen-bond acceptors (Lipinski definition) is 4. The lowest BCUT2D eigenvalue weighted by Crippen LogP contribution is -2.40. The standard InChI is InChI=1S/C12H17N3O4/c1-12(2,19)7-15(3)10(16)9-5-4-8(6-13-9)14-11(17)18/h4-6,14,19H,7H2,1-3H3,(H,17,18). The van der Waals surface area contributed by atoms with Crippen LogP contribution in [-0.2, 0) is 0 Å². The van der Waals surface area contributed by atoms with Gasteiger partial charge in [-0.05, 0) is 26.0 Å². The maximum Gasteiger partial charge on any atom is 0.409 e. The zero-order valence-electron chi connectivity index (χ0n) is 11.0. The second-order valence-corrected chi connectivity index (χ2v) is 4.84. The highest BCUT2D eigenvalue weighted by Crippen LogP contribution is 2.10. The number of aromatic nitrogens is 1. The van der Waals surface area contributed by atoms with E-state index < -0.39 is 11.7 Å². The predicted molar refractivity (Wildman–Crippen MR) is 69.1 cm³/mol. The number of nitrogens with zero attached hydrogens (tertiary/aromatic N) is 2. The highest BCUT2D eigenvalue weighted by Gasteiger charge is 2.21. The minimum absolute atomic E-state index is 0.169. The smallest absolute Gasteiger partial charge is 0.409 e. The van der Waals surface area contributed by atoms with Crippen LogP contribution in [0.2, 0.25) is 0 Å². The van der Waals surface area contributed by atoms with E-state index in [2.05, 4.69) is 10.3 Å². The summed E-state index contributed by atoms with van der Waals surface area (Å²) < 4.78 is 0. The van der Waals surface area contributed by atoms with Crippen LogP contribution in [0.15, 0.2) is 18.3 Å². The number of hydrogen-bond donors (Lipinski definition) is 3. The minimum atomic E-state index is -1.19. The number of pyridine rings is 1. The molecule has 0 aromatic carbocycles. The molecule has 104 valence electrons. The third kappa shape index (κ3) is 4.92. The Morgan fingerprint density at radius 1 is 1.42 bits per heavy atom. The number of likely N-dealkylation sites (N-methyl/N-ethyl adjacent to an activating group) is 1. The summed E-state index contributed by atoms with van der Waals surface area (Å²) in [6, 6.07) is 2.88. The maximum atomic E-state index is 12.0. The monoisotopic (exact) mass is 267 g/mol. The van der Waals surface area contributed by atoms with E-state index in [-0.39, 0.29) is 23.8 Å². The lowest BCUT2D eigenvalue weighted by atomic mass is 10.1. The molecule has 19 heavy (non-hydrogen) atoms. The molecule has 0 fully saturated rings. The Kier molecular flexibility index (Phi) is 4.44. The van der Waals surface area contributed by atoms with Crippen molar-refractivity contribution >= 4 is 17.7 Å². The van der Waals surface area contributed by atoms with Crippen molar-refractivity contribution in [3.63, 3.8) is 0 Å². The second kappa shape index (κ2) is 5.66. The van der Waals surface area contributed by atoms with Gasteiger partial charge in [-0.3, -0.25) is 10.1 Å². The number of amides is 2. The van der Waals surface area contributed by atoms with Crippen molar-refractivity contribution in [2.75, 3.05) is 18.9 Å². The fourth-order valence-corrected chi connectivity index (χ4v) is 1.57. The van der Waals surface area contributed by atoms with Crippen LogP contribution in [0.4, 0.5) is 10.5 Å². The topological polar surface area (TPSA) is 103 Å². The molecule has 1 aromatic rings. The quantitative estimate of drug-likeness (QED) is 0.755. The Labute approximate surface area is 110 Å². The van der Waals surface area contributed by atoms with Crippen LogP contribution in [-0.4, -0.2) is 51.3 Å². The predicted octanol–water partition coefficient (Wildman–Crippen LogP) is 1.01. The largest absolute Gasteiger partial charge is 0.465 e. The summed E-state index contributed by atoms with van der Waals surface area (Å²) in [5, 5.41) is 20.3. The fraction of sp³-hybridized carbons (Fsp3) is 0.417. The number of carboxylic acid groups (broad SMARTS) is 1. The fourth-order valence-electron chi connectivity index (χ4n) is 1.57. The van der Waals surface area contributed by atoms with Gasteiger partial charge in [-0.2, -0.15) is 0 Å². The molecule has 0 atom stereocenters. The van der Waals surface area contributed by atoms with E-state index >= 15 is 0 Å². The van der Waals surface area contributed by atoms with E-state index in [9.17, 15) is 14.7 Å². The average molecular weight is 267 g/mol. The number of anilines is 1. The first-order chi connectivity index (χ1) is 8.69. The molecular weight excluding hydrogens is 250 g/mol. The number of aliphatic hydroxyl groups is 1. The third-order valence-electron chi connectivity index (χ3n) is 2.20. The lowest BCUT2D eigenvalue weighted by Gasteiger charge is -2.25. The molecule has 0 bridgehead atoms. The van der Waals surface area contributed by atoms with E-state index in [1.54, 1.807) is 20.9 Å². The maximum absolute atomic E-state index is 12.0. The minimum Gasteiger partial charge on any atom is -0.465 e. The first kappa shape index (κ1) is 14.9. The van der Waals surface area contributed by atoms with Crippen LogP contribution in [0.3, 0.4) is 0 Å². The van der Waals surface area contributed by atoms with Gasteiger partial charge in [0.1, 0.15) is 5.69 Å². The van der Waals surface area contributed by atoms with Gasteiger partial charge < -0.3 is 15.1 Å². The molecular formula is C12H17N3O4. The zero-order chi connectivity index (χ0) is 14.6. The number of rotatable bonds is 4. The Morgan fingerprint density at radius 3 is 2.47 bits per heavy atom. The van der Waals surface area contributed by atoms with Crippen LogP contribution in [0, 0.1) is 0 Å². The molecule has 0 spiro atoms. The number of carbonyl (C=O) groups is 2. The molecule has 0 unspecified atom stereocenters. The van der Waals surface area contributed by atoms with Gasteiger partial charge in [0.05, 0.1) is 17.5 Å². The van der Waals surface area contributed by atoms with E-state index in [1.807, 2.05) is 0 Å². The van der Waals surface area contributed by atoms with Crippen molar-refractivity contribution < 1.29 is 19.8 Å². The van der Waals surface area contributed by atoms with Crippen LogP contribution in [0.25, 0.3) is 0 Å². The van der Waals surface area contributed by atoms with Gasteiger partial charge in [0.2, 0.25) is 0 Å². The van der Waals surface area contributed by atoms with Crippen molar-refractivity contribution in [3.8, 4) is 0 Å². The van der Waals surface area contributed by atoms with Gasteiger partial charge in [-0.15, -0.1) is 0 Å². The Hall–Kier alpha value is -2.15. The second-order valence-electron chi connectivity index (χ2n) is 4.84. The Morgan fingerprint density at radius 2 is 2.05 bits per heavy atom. The normalized spacial score (nSPS) is 10.9. The van der Waals surface area contributed by atoms with Gasteiger partial charge in [0.15, 0.2) is 0 Å². The number of carbonyl (C=O) groups excluding carboxylic acids is 1. The molecule has 0 radical (unpaired) electrons. The molecule has 0 aliphatic rings. The summed E-state index contributed by atoms with van der Waals surface area (Å²) >= 11 is 0. The summed E-state index contributed by atoms with van der Waals surface area (Å²) in [7, 11) is 1.56. The van der Waals surface area contributed by atoms with Crippen molar-refractivity contribution in [1.82, 2.24) is 9.88 Å². The molecule has 0 saturated carbocycles. The van der Waals surface area contributed by atoms with Gasteiger partial charge in [0, 0.05) is 13.6 Å². The van der Waals surface area contributed by atoms with E-state index in [0.29, 0.717) is 0 Å². The molecule has 7 heteroatoms. The molecule has 2 amide bonds. The summed E-state index contributed by atoms with van der Waals surface area (Å²) in [5.74, 6) is -0.344. The van der Waals surface area contributed by atoms with E-state index in [4.69, 9.17) is 5.11 Å². The SMILES string of the molecule is CN(CC(C)(C)O)C(=O)c1ccc(NC(=O)O)cn1. The summed E-state index contributed by atoms with van der Waals surface area (Å²) in [6.45, 7) is 3.37. The van der Waals surface area contributed by atoms with Crippen LogP contribution in [0.1, 0.15) is 24.3 Å². The van der Waals surface area contributed by atoms with Crippen molar-refractivity contribution in [3.05, 3.63) is 24.0 Å². The van der Waals surface area contributed by atoms with Crippen LogP contribution >= 0.6 is 0 Å². The van der Waals surface area contributed by atoms with Crippen molar-refractivity contribution in [2.45, 2.75) is 19.4 Å².